The molecule has 0 unspecified atom stereocenters. The van der Waals surface area contributed by atoms with Crippen LogP contribution in [-0.4, -0.2) is 24.9 Å². The summed E-state index contributed by atoms with van der Waals surface area (Å²) in [5.41, 5.74) is 0. The van der Waals surface area contributed by atoms with Gasteiger partial charge in [-0.1, -0.05) is 12.2 Å². The molecule has 0 saturated carbocycles. The molecule has 0 radical (unpaired) electrons. The van der Waals surface area contributed by atoms with E-state index in [0.29, 0.717) is 25.9 Å². The number of allylic oxidation sites excluding steroid dienone is 2. The Morgan fingerprint density at radius 2 is 1.22 bits per heavy atom. The topological polar surface area (TPSA) is 58.2 Å². The predicted octanol–water partition coefficient (Wildman–Crippen LogP) is 2.16. The van der Waals surface area contributed by atoms with Crippen LogP contribution in [-0.2, 0) is 9.59 Å². The van der Waals surface area contributed by atoms with Gasteiger partial charge in [0.05, 0.1) is 0 Å². The Kier molecular flexibility index (Phi) is 11.3. The normalized spacial score (nSPS) is 10.6. The van der Waals surface area contributed by atoms with Gasteiger partial charge in [0.25, 0.3) is 0 Å². The molecule has 0 saturated heterocycles. The van der Waals surface area contributed by atoms with Gasteiger partial charge in [0.2, 0.25) is 11.8 Å². The molecular formula is C14H26N2O2. The van der Waals surface area contributed by atoms with Crippen molar-refractivity contribution >= 4 is 11.8 Å². The van der Waals surface area contributed by atoms with Crippen molar-refractivity contribution in [2.24, 2.45) is 0 Å². The van der Waals surface area contributed by atoms with Crippen LogP contribution in [0.3, 0.4) is 0 Å². The lowest BCUT2D eigenvalue weighted by atomic mass is 10.2. The number of hydrogen-bond acceptors (Lipinski definition) is 2. The Labute approximate surface area is 110 Å². The predicted molar refractivity (Wildman–Crippen MR) is 74.2 cm³/mol. The third-order valence-electron chi connectivity index (χ3n) is 2.46. The van der Waals surface area contributed by atoms with Crippen molar-refractivity contribution in [2.45, 2.75) is 52.4 Å². The number of rotatable bonds is 10. The highest BCUT2D eigenvalue weighted by Crippen LogP contribution is 2.01. The highest BCUT2D eigenvalue weighted by atomic mass is 16.2. The average molecular weight is 254 g/mol. The van der Waals surface area contributed by atoms with Gasteiger partial charge in [-0.2, -0.15) is 0 Å². The number of amides is 2. The number of nitrogens with one attached hydrogen (secondary N) is 2. The average Bonchev–Trinajstić information content (AvgIpc) is 2.33. The maximum Gasteiger partial charge on any atom is 0.219 e. The molecule has 0 atom stereocenters. The van der Waals surface area contributed by atoms with E-state index in [4.69, 9.17) is 0 Å². The quantitative estimate of drug-likeness (QED) is 0.463. The van der Waals surface area contributed by atoms with Gasteiger partial charge in [-0.3, -0.25) is 9.59 Å². The summed E-state index contributed by atoms with van der Waals surface area (Å²) in [5.74, 6) is 0.254. The summed E-state index contributed by atoms with van der Waals surface area (Å²) in [7, 11) is 0. The minimum Gasteiger partial charge on any atom is -0.356 e. The number of unbranched alkanes of at least 4 members (excludes halogenated alkanes) is 2. The second kappa shape index (κ2) is 12.1. The third kappa shape index (κ3) is 11.2. The molecule has 2 N–H and O–H groups in total. The van der Waals surface area contributed by atoms with Gasteiger partial charge >= 0.3 is 0 Å². The second-order valence-electron chi connectivity index (χ2n) is 4.16. The van der Waals surface area contributed by atoms with E-state index in [2.05, 4.69) is 22.8 Å². The van der Waals surface area contributed by atoms with Crippen molar-refractivity contribution in [1.29, 1.82) is 0 Å². The number of carbonyl (C=O) groups excluding carboxylic acids is 2. The molecule has 0 bridgehead atoms. The zero-order valence-corrected chi connectivity index (χ0v) is 11.6. The monoisotopic (exact) mass is 254 g/mol. The molecule has 0 aromatic carbocycles. The first-order valence-corrected chi connectivity index (χ1v) is 6.89. The van der Waals surface area contributed by atoms with Crippen LogP contribution in [0.4, 0.5) is 0 Å². The Morgan fingerprint density at radius 1 is 0.833 bits per heavy atom. The standard InChI is InChI=1S/C14H26N2O2/c1-3-15-13(17)11-9-7-5-6-8-10-12-14(18)16-4-2/h5-6H,3-4,7-12H2,1-2H3,(H,15,17)(H,16,18)/b6-5-. The summed E-state index contributed by atoms with van der Waals surface area (Å²) in [4.78, 5) is 22.3. The molecule has 0 aromatic heterocycles. The molecule has 2 amide bonds. The van der Waals surface area contributed by atoms with E-state index in [0.717, 1.165) is 25.7 Å². The summed E-state index contributed by atoms with van der Waals surface area (Å²) in [6, 6.07) is 0. The van der Waals surface area contributed by atoms with Gasteiger partial charge < -0.3 is 10.6 Å². The third-order valence-corrected chi connectivity index (χ3v) is 2.46. The Balaban J connectivity index is 3.33. The van der Waals surface area contributed by atoms with Gasteiger partial charge in [-0.05, 0) is 39.5 Å². The second-order valence-corrected chi connectivity index (χ2v) is 4.16. The maximum atomic E-state index is 11.1. The maximum absolute atomic E-state index is 11.1. The molecule has 0 aromatic rings. The number of carbonyl (C=O) groups is 2. The van der Waals surface area contributed by atoms with E-state index in [1.165, 1.54) is 0 Å². The summed E-state index contributed by atoms with van der Waals surface area (Å²) >= 11 is 0. The van der Waals surface area contributed by atoms with Gasteiger partial charge in [0.1, 0.15) is 0 Å². The van der Waals surface area contributed by atoms with E-state index < -0.39 is 0 Å². The molecule has 0 aliphatic carbocycles. The molecule has 0 heterocycles. The minimum absolute atomic E-state index is 0.127. The molecule has 104 valence electrons. The van der Waals surface area contributed by atoms with Crippen molar-refractivity contribution in [3.05, 3.63) is 12.2 Å². The lowest BCUT2D eigenvalue weighted by Crippen LogP contribution is -2.22. The first-order valence-electron chi connectivity index (χ1n) is 6.89. The Morgan fingerprint density at radius 3 is 1.56 bits per heavy atom. The van der Waals surface area contributed by atoms with Crippen molar-refractivity contribution in [3.8, 4) is 0 Å². The summed E-state index contributed by atoms with van der Waals surface area (Å²) in [5, 5.41) is 5.55. The van der Waals surface area contributed by atoms with E-state index in [1.54, 1.807) is 0 Å². The summed E-state index contributed by atoms with van der Waals surface area (Å²) < 4.78 is 0. The zero-order valence-electron chi connectivity index (χ0n) is 11.6. The van der Waals surface area contributed by atoms with Crippen LogP contribution in [0, 0.1) is 0 Å². The van der Waals surface area contributed by atoms with Crippen molar-refractivity contribution in [1.82, 2.24) is 10.6 Å². The van der Waals surface area contributed by atoms with Crippen LogP contribution in [0.5, 0.6) is 0 Å². The lowest BCUT2D eigenvalue weighted by Gasteiger charge is -2.00. The molecule has 4 nitrogen and oxygen atoms in total. The molecule has 0 fully saturated rings. The highest BCUT2D eigenvalue weighted by molar-refractivity contribution is 5.76. The summed E-state index contributed by atoms with van der Waals surface area (Å²) in [6.45, 7) is 5.25. The summed E-state index contributed by atoms with van der Waals surface area (Å²) in [6.07, 6.45) is 9.01. The van der Waals surface area contributed by atoms with Crippen LogP contribution in [0.1, 0.15) is 52.4 Å². The minimum atomic E-state index is 0.127. The molecular weight excluding hydrogens is 228 g/mol. The molecule has 4 heteroatoms. The van der Waals surface area contributed by atoms with E-state index in [9.17, 15) is 9.59 Å². The fraction of sp³-hybridized carbons (Fsp3) is 0.714. The van der Waals surface area contributed by atoms with Crippen LogP contribution in [0.15, 0.2) is 12.2 Å². The first-order chi connectivity index (χ1) is 8.70. The SMILES string of the molecule is CCNC(=O)CCC/C=C\CCCC(=O)NCC. The van der Waals surface area contributed by atoms with Crippen molar-refractivity contribution in [3.63, 3.8) is 0 Å². The van der Waals surface area contributed by atoms with Gasteiger partial charge in [0, 0.05) is 25.9 Å². The van der Waals surface area contributed by atoms with Crippen LogP contribution in [0.25, 0.3) is 0 Å². The van der Waals surface area contributed by atoms with Crippen LogP contribution < -0.4 is 10.6 Å². The van der Waals surface area contributed by atoms with Crippen molar-refractivity contribution in [2.75, 3.05) is 13.1 Å². The Bertz CT molecular complexity index is 237. The largest absolute Gasteiger partial charge is 0.356 e. The van der Waals surface area contributed by atoms with Gasteiger partial charge in [0.15, 0.2) is 0 Å². The molecule has 0 aliphatic heterocycles. The fourth-order valence-corrected chi connectivity index (χ4v) is 1.57. The number of hydrogen-bond donors (Lipinski definition) is 2. The van der Waals surface area contributed by atoms with E-state index in [1.807, 2.05) is 13.8 Å². The lowest BCUT2D eigenvalue weighted by molar-refractivity contribution is -0.121. The van der Waals surface area contributed by atoms with Gasteiger partial charge in [-0.25, -0.2) is 0 Å². The zero-order chi connectivity index (χ0) is 13.6. The molecule has 0 spiro atoms. The smallest absolute Gasteiger partial charge is 0.219 e. The highest BCUT2D eigenvalue weighted by Gasteiger charge is 1.97. The first kappa shape index (κ1) is 16.7. The Hall–Kier alpha value is -1.32. The van der Waals surface area contributed by atoms with E-state index >= 15 is 0 Å². The van der Waals surface area contributed by atoms with Crippen LogP contribution >= 0.6 is 0 Å². The van der Waals surface area contributed by atoms with Gasteiger partial charge in [-0.15, -0.1) is 0 Å². The fourth-order valence-electron chi connectivity index (χ4n) is 1.57. The van der Waals surface area contributed by atoms with Crippen molar-refractivity contribution < 1.29 is 9.59 Å². The molecule has 18 heavy (non-hydrogen) atoms. The van der Waals surface area contributed by atoms with E-state index in [-0.39, 0.29) is 11.8 Å². The molecule has 0 rings (SSSR count). The van der Waals surface area contributed by atoms with Crippen LogP contribution in [0.2, 0.25) is 0 Å². The molecule has 0 aliphatic rings.